The molecular weight excluding hydrogens is 350 g/mol. The van der Waals surface area contributed by atoms with Crippen LogP contribution in [-0.2, 0) is 6.54 Å². The van der Waals surface area contributed by atoms with Crippen LogP contribution in [0.5, 0.6) is 0 Å². The van der Waals surface area contributed by atoms with Gasteiger partial charge in [-0.15, -0.1) is 0 Å². The van der Waals surface area contributed by atoms with E-state index >= 15 is 0 Å². The van der Waals surface area contributed by atoms with Gasteiger partial charge in [0.05, 0.1) is 0 Å². The number of unbranched alkanes of at least 4 members (excludes halogenated alkanes) is 14. The third kappa shape index (κ3) is 15.7. The fourth-order valence-electron chi connectivity index (χ4n) is 4.16. The molecular formula is C28H51N. The van der Waals surface area contributed by atoms with Crippen molar-refractivity contribution in [2.75, 3.05) is 13.1 Å². The molecule has 0 fully saturated rings. The predicted molar refractivity (Wildman–Crippen MR) is 132 cm³/mol. The van der Waals surface area contributed by atoms with Crippen molar-refractivity contribution >= 4 is 0 Å². The summed E-state index contributed by atoms with van der Waals surface area (Å²) >= 11 is 0. The third-order valence-electron chi connectivity index (χ3n) is 6.18. The summed E-state index contributed by atoms with van der Waals surface area (Å²) in [6, 6.07) is 9.17. The Kier molecular flexibility index (Phi) is 17.3. The van der Waals surface area contributed by atoms with Crippen LogP contribution >= 0.6 is 0 Å². The molecule has 1 nitrogen and oxygen atoms in total. The van der Waals surface area contributed by atoms with E-state index in [4.69, 9.17) is 0 Å². The summed E-state index contributed by atoms with van der Waals surface area (Å²) in [6.07, 6.45) is 22.6. The molecule has 1 heteroatoms. The summed E-state index contributed by atoms with van der Waals surface area (Å²) in [5.74, 6) is 0. The van der Waals surface area contributed by atoms with E-state index in [1.807, 2.05) is 0 Å². The maximum absolute atomic E-state index is 2.72. The molecule has 29 heavy (non-hydrogen) atoms. The molecule has 0 N–H and O–H groups in total. The van der Waals surface area contributed by atoms with Gasteiger partial charge in [0, 0.05) is 6.54 Å². The molecule has 0 spiro atoms. The van der Waals surface area contributed by atoms with Gasteiger partial charge in [0.2, 0.25) is 0 Å². The van der Waals surface area contributed by atoms with Gasteiger partial charge in [0.25, 0.3) is 0 Å². The Morgan fingerprint density at radius 1 is 0.517 bits per heavy atom. The van der Waals surface area contributed by atoms with Crippen molar-refractivity contribution in [2.45, 2.75) is 130 Å². The normalized spacial score (nSPS) is 11.4. The summed E-state index contributed by atoms with van der Waals surface area (Å²) in [6.45, 7) is 10.5. The fourth-order valence-corrected chi connectivity index (χ4v) is 4.16. The SMILES string of the molecule is CCCCCCCCCCN(CCCCCCCCCC)Cc1ccc(C)cc1. The molecule has 1 aromatic carbocycles. The van der Waals surface area contributed by atoms with E-state index in [0.717, 1.165) is 6.54 Å². The Bertz CT molecular complexity index is 430. The standard InChI is InChI=1S/C28H51N/c1-4-6-8-10-12-14-16-18-24-29(26-28-22-20-27(3)21-23-28)25-19-17-15-13-11-9-7-5-2/h20-23H,4-19,24-26H2,1-3H3. The van der Waals surface area contributed by atoms with Crippen LogP contribution in [0.4, 0.5) is 0 Å². The summed E-state index contributed by atoms with van der Waals surface area (Å²) in [4.78, 5) is 2.72. The Hall–Kier alpha value is -0.820. The zero-order valence-corrected chi connectivity index (χ0v) is 20.2. The first-order valence-corrected chi connectivity index (χ1v) is 13.0. The van der Waals surface area contributed by atoms with Crippen molar-refractivity contribution in [3.63, 3.8) is 0 Å². The largest absolute Gasteiger partial charge is 0.299 e. The van der Waals surface area contributed by atoms with Gasteiger partial charge in [-0.2, -0.15) is 0 Å². The number of benzene rings is 1. The zero-order chi connectivity index (χ0) is 21.0. The minimum absolute atomic E-state index is 1.13. The van der Waals surface area contributed by atoms with E-state index in [1.165, 1.54) is 127 Å². The van der Waals surface area contributed by atoms with E-state index in [2.05, 4.69) is 49.9 Å². The maximum Gasteiger partial charge on any atom is 0.0233 e. The summed E-state index contributed by atoms with van der Waals surface area (Å²) in [5.41, 5.74) is 2.85. The van der Waals surface area contributed by atoms with Gasteiger partial charge in [-0.25, -0.2) is 0 Å². The van der Waals surface area contributed by atoms with Crippen LogP contribution in [-0.4, -0.2) is 18.0 Å². The highest BCUT2D eigenvalue weighted by Gasteiger charge is 2.06. The quantitative estimate of drug-likeness (QED) is 0.197. The number of aryl methyl sites for hydroxylation is 1. The van der Waals surface area contributed by atoms with Gasteiger partial charge in [-0.1, -0.05) is 134 Å². The van der Waals surface area contributed by atoms with Gasteiger partial charge in [0.15, 0.2) is 0 Å². The van der Waals surface area contributed by atoms with Crippen LogP contribution in [0.15, 0.2) is 24.3 Å². The Balaban J connectivity index is 2.23. The molecule has 1 rings (SSSR count). The van der Waals surface area contributed by atoms with Crippen molar-refractivity contribution in [3.8, 4) is 0 Å². The van der Waals surface area contributed by atoms with E-state index < -0.39 is 0 Å². The highest BCUT2D eigenvalue weighted by Crippen LogP contribution is 2.13. The fraction of sp³-hybridized carbons (Fsp3) is 0.786. The molecule has 0 bridgehead atoms. The van der Waals surface area contributed by atoms with Gasteiger partial charge >= 0.3 is 0 Å². The lowest BCUT2D eigenvalue weighted by Gasteiger charge is -2.22. The number of hydrogen-bond donors (Lipinski definition) is 0. The molecule has 0 heterocycles. The van der Waals surface area contributed by atoms with Gasteiger partial charge < -0.3 is 0 Å². The molecule has 0 aliphatic rings. The second-order valence-electron chi connectivity index (χ2n) is 9.21. The first kappa shape index (κ1) is 26.2. The molecule has 0 unspecified atom stereocenters. The van der Waals surface area contributed by atoms with Gasteiger partial charge in [-0.3, -0.25) is 4.90 Å². The zero-order valence-electron chi connectivity index (χ0n) is 20.2. The van der Waals surface area contributed by atoms with E-state index in [-0.39, 0.29) is 0 Å². The topological polar surface area (TPSA) is 3.24 Å². The smallest absolute Gasteiger partial charge is 0.0233 e. The number of hydrogen-bond acceptors (Lipinski definition) is 1. The molecule has 0 aromatic heterocycles. The molecule has 0 atom stereocenters. The molecule has 0 amide bonds. The van der Waals surface area contributed by atoms with Crippen LogP contribution in [0.2, 0.25) is 0 Å². The molecule has 0 aliphatic heterocycles. The van der Waals surface area contributed by atoms with Gasteiger partial charge in [0.1, 0.15) is 0 Å². The molecule has 0 saturated carbocycles. The van der Waals surface area contributed by atoms with Crippen molar-refractivity contribution in [1.29, 1.82) is 0 Å². The summed E-state index contributed by atoms with van der Waals surface area (Å²) in [5, 5.41) is 0. The summed E-state index contributed by atoms with van der Waals surface area (Å²) in [7, 11) is 0. The lowest BCUT2D eigenvalue weighted by Crippen LogP contribution is -2.25. The number of nitrogens with zero attached hydrogens (tertiary/aromatic N) is 1. The van der Waals surface area contributed by atoms with Crippen LogP contribution in [0.25, 0.3) is 0 Å². The van der Waals surface area contributed by atoms with E-state index in [9.17, 15) is 0 Å². The van der Waals surface area contributed by atoms with Gasteiger partial charge in [-0.05, 0) is 38.4 Å². The number of rotatable bonds is 20. The minimum Gasteiger partial charge on any atom is -0.299 e. The second kappa shape index (κ2) is 19.2. The molecule has 168 valence electrons. The third-order valence-corrected chi connectivity index (χ3v) is 6.18. The lowest BCUT2D eigenvalue weighted by molar-refractivity contribution is 0.252. The predicted octanol–water partition coefficient (Wildman–Crippen LogP) is 9.08. The average Bonchev–Trinajstić information content (AvgIpc) is 2.73. The van der Waals surface area contributed by atoms with Crippen LogP contribution in [0.1, 0.15) is 128 Å². The van der Waals surface area contributed by atoms with Crippen LogP contribution in [0.3, 0.4) is 0 Å². The highest BCUT2D eigenvalue weighted by molar-refractivity contribution is 5.21. The van der Waals surface area contributed by atoms with Crippen molar-refractivity contribution < 1.29 is 0 Å². The van der Waals surface area contributed by atoms with Crippen LogP contribution in [0, 0.1) is 6.92 Å². The second-order valence-corrected chi connectivity index (χ2v) is 9.21. The molecule has 0 aliphatic carbocycles. The molecule has 0 saturated heterocycles. The molecule has 0 radical (unpaired) electrons. The Labute approximate surface area is 183 Å². The average molecular weight is 402 g/mol. The maximum atomic E-state index is 2.72. The lowest BCUT2D eigenvalue weighted by atomic mass is 10.1. The first-order valence-electron chi connectivity index (χ1n) is 13.0. The molecule has 1 aromatic rings. The van der Waals surface area contributed by atoms with E-state index in [0.29, 0.717) is 0 Å². The van der Waals surface area contributed by atoms with Crippen molar-refractivity contribution in [3.05, 3.63) is 35.4 Å². The highest BCUT2D eigenvalue weighted by atomic mass is 15.1. The van der Waals surface area contributed by atoms with E-state index in [1.54, 1.807) is 0 Å². The minimum atomic E-state index is 1.13. The Morgan fingerprint density at radius 2 is 0.897 bits per heavy atom. The van der Waals surface area contributed by atoms with Crippen molar-refractivity contribution in [1.82, 2.24) is 4.90 Å². The van der Waals surface area contributed by atoms with Crippen LogP contribution < -0.4 is 0 Å². The van der Waals surface area contributed by atoms with Crippen molar-refractivity contribution in [2.24, 2.45) is 0 Å². The monoisotopic (exact) mass is 401 g/mol. The summed E-state index contributed by atoms with van der Waals surface area (Å²) < 4.78 is 0. The Morgan fingerprint density at radius 3 is 1.31 bits per heavy atom. The first-order chi connectivity index (χ1) is 14.3.